The molecule has 0 fully saturated rings. The van der Waals surface area contributed by atoms with Crippen molar-refractivity contribution in [1.82, 2.24) is 0 Å². The molecular weight excluding hydrogens is 528 g/mol. The summed E-state index contributed by atoms with van der Waals surface area (Å²) in [4.78, 5) is 0. The molecule has 44 heavy (non-hydrogen) atoms. The van der Waals surface area contributed by atoms with Gasteiger partial charge in [-0.15, -0.1) is 0 Å². The fraction of sp³-hybridized carbons (Fsp3) is 0.136. The second kappa shape index (κ2) is 7.96. The third-order valence-corrected chi connectivity index (χ3v) is 11.5. The van der Waals surface area contributed by atoms with Gasteiger partial charge in [0.25, 0.3) is 0 Å². The van der Waals surface area contributed by atoms with Crippen molar-refractivity contribution in [1.29, 1.82) is 0 Å². The fourth-order valence-corrected chi connectivity index (χ4v) is 9.74. The Morgan fingerprint density at radius 2 is 1.30 bits per heavy atom. The van der Waals surface area contributed by atoms with E-state index >= 15 is 0 Å². The lowest BCUT2D eigenvalue weighted by Crippen LogP contribution is -2.27. The molecule has 5 aliphatic carbocycles. The van der Waals surface area contributed by atoms with Gasteiger partial charge in [0, 0.05) is 23.7 Å². The van der Waals surface area contributed by atoms with Crippen LogP contribution in [0.4, 0.5) is 0 Å². The van der Waals surface area contributed by atoms with Gasteiger partial charge in [-0.25, -0.2) is 0 Å². The van der Waals surface area contributed by atoms with Crippen molar-refractivity contribution in [2.24, 2.45) is 17.8 Å². The Balaban J connectivity index is 1.26. The molecule has 0 heteroatoms. The summed E-state index contributed by atoms with van der Waals surface area (Å²) in [5, 5.41) is 8.19. The summed E-state index contributed by atoms with van der Waals surface area (Å²) >= 11 is 0. The van der Waals surface area contributed by atoms with Gasteiger partial charge in [0.2, 0.25) is 0 Å². The van der Waals surface area contributed by atoms with Crippen LogP contribution in [-0.2, 0) is 0 Å². The molecule has 0 heterocycles. The van der Waals surface area contributed by atoms with Crippen molar-refractivity contribution < 1.29 is 0 Å². The first-order chi connectivity index (χ1) is 21.7. The van der Waals surface area contributed by atoms with Crippen LogP contribution in [0.25, 0.3) is 77.3 Å². The number of rotatable bonds is 1. The smallest absolute Gasteiger partial charge is 0.00258 e. The molecule has 5 aliphatic rings. The van der Waals surface area contributed by atoms with E-state index in [2.05, 4.69) is 135 Å². The van der Waals surface area contributed by atoms with Crippen LogP contribution in [0.2, 0.25) is 0 Å². The first-order valence-corrected chi connectivity index (χ1v) is 16.1. The summed E-state index contributed by atoms with van der Waals surface area (Å²) in [6, 6.07) is 30.7. The number of allylic oxidation sites excluding steroid dienone is 7. The Labute approximate surface area is 257 Å². The number of hydrogen-bond donors (Lipinski definition) is 0. The first kappa shape index (κ1) is 23.5. The molecule has 0 nitrogen and oxygen atoms in total. The second-order valence-corrected chi connectivity index (χ2v) is 13.7. The molecule has 0 amide bonds. The SMILES string of the molecule is Cc1ccc2c(c1)c(-c1ccc3c4c1C=CC1C=CC5C=CC=C3C5C41)cc1c3ccc(C)c4c3c(cc21)-c1ccccc1-4. The summed E-state index contributed by atoms with van der Waals surface area (Å²) in [7, 11) is 0. The van der Waals surface area contributed by atoms with Gasteiger partial charge in [-0.3, -0.25) is 0 Å². The molecule has 6 aromatic rings. The van der Waals surface area contributed by atoms with Gasteiger partial charge in [0.05, 0.1) is 0 Å². The number of aryl methyl sites for hydroxylation is 2. The molecule has 0 radical (unpaired) electrons. The minimum Gasteiger partial charge on any atom is -0.0804 e. The van der Waals surface area contributed by atoms with Crippen molar-refractivity contribution in [3.8, 4) is 33.4 Å². The van der Waals surface area contributed by atoms with Gasteiger partial charge in [-0.2, -0.15) is 0 Å². The molecule has 0 saturated heterocycles. The van der Waals surface area contributed by atoms with Gasteiger partial charge < -0.3 is 0 Å². The zero-order valence-corrected chi connectivity index (χ0v) is 24.9. The van der Waals surface area contributed by atoms with Crippen LogP contribution >= 0.6 is 0 Å². The van der Waals surface area contributed by atoms with E-state index in [1.165, 1.54) is 88.0 Å². The minimum atomic E-state index is 0.484. The van der Waals surface area contributed by atoms with Crippen LogP contribution in [0.15, 0.2) is 115 Å². The maximum atomic E-state index is 2.53. The third-order valence-electron chi connectivity index (χ3n) is 11.5. The predicted octanol–water partition coefficient (Wildman–Crippen LogP) is 11.6. The monoisotopic (exact) mass is 558 g/mol. The van der Waals surface area contributed by atoms with E-state index in [-0.39, 0.29) is 0 Å². The van der Waals surface area contributed by atoms with E-state index < -0.39 is 0 Å². The van der Waals surface area contributed by atoms with Crippen molar-refractivity contribution in [2.45, 2.75) is 19.8 Å². The molecule has 0 saturated carbocycles. The van der Waals surface area contributed by atoms with Gasteiger partial charge in [-0.05, 0) is 120 Å². The summed E-state index contributed by atoms with van der Waals surface area (Å²) in [6.45, 7) is 4.50. The third kappa shape index (κ3) is 2.72. The van der Waals surface area contributed by atoms with E-state index in [0.717, 1.165) is 0 Å². The highest BCUT2D eigenvalue weighted by atomic mass is 14.5. The van der Waals surface area contributed by atoms with E-state index in [4.69, 9.17) is 0 Å². The van der Waals surface area contributed by atoms with E-state index in [0.29, 0.717) is 23.7 Å². The van der Waals surface area contributed by atoms with E-state index in [1.54, 1.807) is 11.1 Å². The largest absolute Gasteiger partial charge is 0.0804 e. The molecule has 206 valence electrons. The molecule has 6 aromatic carbocycles. The molecule has 0 N–H and O–H groups in total. The topological polar surface area (TPSA) is 0 Å². The standard InChI is InChI=1S/C44H30/c1-23-10-15-29-35(20-23)36(21-38-34-16-11-24(2)40-30-8-4-3-7-27(30)39(44(34)40)22-37(29)38)28-18-19-33-31-9-5-6-25-12-13-26-14-17-32(28)43(33)42(26)41(25)31/h3-22,25-26,41-42H,1-2H3. The van der Waals surface area contributed by atoms with Gasteiger partial charge >= 0.3 is 0 Å². The summed E-state index contributed by atoms with van der Waals surface area (Å²) in [5.74, 6) is 2.09. The highest BCUT2D eigenvalue weighted by Gasteiger charge is 2.47. The highest BCUT2D eigenvalue weighted by molar-refractivity contribution is 6.29. The van der Waals surface area contributed by atoms with Crippen LogP contribution in [0.3, 0.4) is 0 Å². The Morgan fingerprint density at radius 1 is 0.523 bits per heavy atom. The zero-order valence-electron chi connectivity index (χ0n) is 24.9. The Kier molecular flexibility index (Phi) is 4.25. The van der Waals surface area contributed by atoms with Crippen molar-refractivity contribution in [2.75, 3.05) is 0 Å². The van der Waals surface area contributed by atoms with Gasteiger partial charge in [-0.1, -0.05) is 115 Å². The number of fused-ring (bicyclic) bond motifs is 8. The molecule has 0 aromatic heterocycles. The Bertz CT molecular complexity index is 2480. The first-order valence-electron chi connectivity index (χ1n) is 16.1. The molecule has 0 bridgehead atoms. The predicted molar refractivity (Wildman–Crippen MR) is 187 cm³/mol. The Hall–Kier alpha value is -4.94. The summed E-state index contributed by atoms with van der Waals surface area (Å²) in [5.41, 5.74) is 16.9. The maximum Gasteiger partial charge on any atom is 0.00258 e. The lowest BCUT2D eigenvalue weighted by Gasteiger charge is -2.37. The van der Waals surface area contributed by atoms with E-state index in [9.17, 15) is 0 Å². The quantitative estimate of drug-likeness (QED) is 0.139. The number of benzene rings is 6. The number of hydrogen-bond acceptors (Lipinski definition) is 0. The fourth-order valence-electron chi connectivity index (χ4n) is 9.74. The zero-order chi connectivity index (χ0) is 28.8. The van der Waals surface area contributed by atoms with Crippen LogP contribution in [-0.4, -0.2) is 0 Å². The molecular formula is C44H30. The maximum absolute atomic E-state index is 2.53. The highest BCUT2D eigenvalue weighted by Crippen LogP contribution is 2.61. The average molecular weight is 559 g/mol. The van der Waals surface area contributed by atoms with Crippen molar-refractivity contribution in [3.05, 3.63) is 143 Å². The van der Waals surface area contributed by atoms with Gasteiger partial charge in [0.1, 0.15) is 0 Å². The minimum absolute atomic E-state index is 0.484. The van der Waals surface area contributed by atoms with Gasteiger partial charge in [0.15, 0.2) is 0 Å². The average Bonchev–Trinajstić information content (AvgIpc) is 3.58. The Morgan fingerprint density at radius 3 is 2.20 bits per heavy atom. The molecule has 4 unspecified atom stereocenters. The second-order valence-electron chi connectivity index (χ2n) is 13.7. The van der Waals surface area contributed by atoms with Crippen molar-refractivity contribution >= 4 is 44.0 Å². The lowest BCUT2D eigenvalue weighted by atomic mass is 9.66. The molecule has 11 rings (SSSR count). The molecule has 4 atom stereocenters. The summed E-state index contributed by atoms with van der Waals surface area (Å²) in [6.07, 6.45) is 16.9. The van der Waals surface area contributed by atoms with Crippen LogP contribution in [0.5, 0.6) is 0 Å². The van der Waals surface area contributed by atoms with Crippen LogP contribution in [0, 0.1) is 31.6 Å². The molecule has 0 spiro atoms. The molecule has 0 aliphatic heterocycles. The van der Waals surface area contributed by atoms with E-state index in [1.807, 2.05) is 0 Å². The van der Waals surface area contributed by atoms with Crippen LogP contribution in [0.1, 0.15) is 33.7 Å². The summed E-state index contributed by atoms with van der Waals surface area (Å²) < 4.78 is 0. The normalized spacial score (nSPS) is 22.6. The van der Waals surface area contributed by atoms with Crippen LogP contribution < -0.4 is 0 Å². The lowest BCUT2D eigenvalue weighted by molar-refractivity contribution is 0.404. The van der Waals surface area contributed by atoms with Crippen molar-refractivity contribution in [3.63, 3.8) is 0 Å².